The van der Waals surface area contributed by atoms with Crippen molar-refractivity contribution in [2.24, 2.45) is 5.73 Å². The molecule has 0 unspecified atom stereocenters. The van der Waals surface area contributed by atoms with Crippen molar-refractivity contribution in [1.82, 2.24) is 19.7 Å². The van der Waals surface area contributed by atoms with Gasteiger partial charge in [-0.2, -0.15) is 5.10 Å². The number of fused-ring (bicyclic) bond motifs is 3. The molecule has 1 amide bonds. The molecule has 4 aromatic rings. The van der Waals surface area contributed by atoms with Gasteiger partial charge in [-0.25, -0.2) is 14.6 Å². The molecule has 9 heteroatoms. The first-order chi connectivity index (χ1) is 16.6. The third kappa shape index (κ3) is 4.11. The molecule has 1 aliphatic carbocycles. The van der Waals surface area contributed by atoms with Crippen molar-refractivity contribution in [1.29, 1.82) is 0 Å². The molecule has 0 saturated carbocycles. The quantitative estimate of drug-likeness (QED) is 0.349. The number of benzene rings is 1. The highest BCUT2D eigenvalue weighted by molar-refractivity contribution is 7.19. The van der Waals surface area contributed by atoms with Crippen molar-refractivity contribution in [2.45, 2.75) is 26.3 Å². The standard InChI is InChI=1S/C25H25N7OS/c1-3-12-27-21-11-6-17(14-28-21)22-19-9-10-20-24(34-25(30-20)29-15(2)33)23(19)32(31-22)18-7-4-16(13-26)5-8-18/h3-8,11,14H,1,9-10,12-13,26H2,2H3,(H,27,28)(H,29,30,33). The summed E-state index contributed by atoms with van der Waals surface area (Å²) in [6.45, 7) is 6.36. The second-order valence-electron chi connectivity index (χ2n) is 8.04. The Bertz CT molecular complexity index is 1350. The lowest BCUT2D eigenvalue weighted by Crippen LogP contribution is -2.07. The van der Waals surface area contributed by atoms with Gasteiger partial charge < -0.3 is 16.4 Å². The lowest BCUT2D eigenvalue weighted by Gasteiger charge is -2.14. The van der Waals surface area contributed by atoms with Gasteiger partial charge in [-0.3, -0.25) is 4.79 Å². The summed E-state index contributed by atoms with van der Waals surface area (Å²) in [7, 11) is 0. The fourth-order valence-electron chi connectivity index (χ4n) is 4.08. The van der Waals surface area contributed by atoms with E-state index in [1.54, 1.807) is 6.08 Å². The number of amides is 1. The number of rotatable bonds is 7. The van der Waals surface area contributed by atoms with Crippen molar-refractivity contribution >= 4 is 28.2 Å². The van der Waals surface area contributed by atoms with Crippen molar-refractivity contribution < 1.29 is 4.79 Å². The van der Waals surface area contributed by atoms with E-state index in [9.17, 15) is 4.79 Å². The zero-order valence-electron chi connectivity index (χ0n) is 18.8. The number of anilines is 2. The number of nitrogens with zero attached hydrogens (tertiary/aromatic N) is 4. The molecule has 0 saturated heterocycles. The maximum Gasteiger partial charge on any atom is 0.223 e. The summed E-state index contributed by atoms with van der Waals surface area (Å²) in [4.78, 5) is 21.9. The van der Waals surface area contributed by atoms with Crippen LogP contribution in [0.5, 0.6) is 0 Å². The number of nitrogens with two attached hydrogens (primary N) is 1. The first-order valence-electron chi connectivity index (χ1n) is 11.1. The number of thiazole rings is 1. The molecule has 3 aromatic heterocycles. The average Bonchev–Trinajstić information content (AvgIpc) is 3.43. The number of hydrogen-bond acceptors (Lipinski definition) is 7. The van der Waals surface area contributed by atoms with E-state index in [0.717, 1.165) is 63.0 Å². The minimum atomic E-state index is -0.130. The van der Waals surface area contributed by atoms with E-state index in [-0.39, 0.29) is 5.91 Å². The predicted octanol–water partition coefficient (Wildman–Crippen LogP) is 4.17. The number of aryl methyl sites for hydroxylation is 1. The molecule has 4 N–H and O–H groups in total. The minimum Gasteiger partial charge on any atom is -0.367 e. The van der Waals surface area contributed by atoms with Crippen LogP contribution in [0.3, 0.4) is 0 Å². The Labute approximate surface area is 201 Å². The number of carbonyl (C=O) groups is 1. The third-order valence-corrected chi connectivity index (χ3v) is 6.69. The lowest BCUT2D eigenvalue weighted by molar-refractivity contribution is -0.114. The van der Waals surface area contributed by atoms with Gasteiger partial charge >= 0.3 is 0 Å². The van der Waals surface area contributed by atoms with Crippen LogP contribution in [-0.2, 0) is 24.2 Å². The zero-order valence-corrected chi connectivity index (χ0v) is 19.7. The van der Waals surface area contributed by atoms with E-state index in [1.165, 1.54) is 18.3 Å². The molecule has 34 heavy (non-hydrogen) atoms. The van der Waals surface area contributed by atoms with Crippen LogP contribution in [0.2, 0.25) is 0 Å². The minimum absolute atomic E-state index is 0.130. The van der Waals surface area contributed by atoms with E-state index < -0.39 is 0 Å². The molecule has 1 aromatic carbocycles. The zero-order chi connectivity index (χ0) is 23.7. The number of carbonyl (C=O) groups excluding carboxylic acids is 1. The maximum absolute atomic E-state index is 11.6. The van der Waals surface area contributed by atoms with E-state index in [2.05, 4.69) is 27.2 Å². The van der Waals surface area contributed by atoms with Crippen molar-refractivity contribution in [3.8, 4) is 27.5 Å². The molecule has 0 spiro atoms. The topological polar surface area (TPSA) is 111 Å². The molecule has 0 bridgehead atoms. The molecule has 0 fully saturated rings. The summed E-state index contributed by atoms with van der Waals surface area (Å²) in [6.07, 6.45) is 5.24. The van der Waals surface area contributed by atoms with Gasteiger partial charge in [-0.1, -0.05) is 29.5 Å². The molecular formula is C25H25N7OS. The van der Waals surface area contributed by atoms with Crippen LogP contribution < -0.4 is 16.4 Å². The monoisotopic (exact) mass is 471 g/mol. The van der Waals surface area contributed by atoms with E-state index in [1.807, 2.05) is 47.3 Å². The highest BCUT2D eigenvalue weighted by Crippen LogP contribution is 2.44. The number of aromatic nitrogens is 4. The van der Waals surface area contributed by atoms with Crippen LogP contribution in [0.15, 0.2) is 55.3 Å². The largest absolute Gasteiger partial charge is 0.367 e. The maximum atomic E-state index is 11.6. The third-order valence-electron chi connectivity index (χ3n) is 5.67. The molecule has 1 aliphatic rings. The molecule has 3 heterocycles. The molecule has 5 rings (SSSR count). The number of nitrogens with one attached hydrogen (secondary N) is 2. The summed E-state index contributed by atoms with van der Waals surface area (Å²) in [5.41, 5.74) is 12.8. The molecule has 0 atom stereocenters. The van der Waals surface area contributed by atoms with Crippen molar-refractivity contribution in [3.63, 3.8) is 0 Å². The fraction of sp³-hybridized carbons (Fsp3) is 0.200. The van der Waals surface area contributed by atoms with E-state index in [0.29, 0.717) is 18.2 Å². The Hall–Kier alpha value is -3.82. The van der Waals surface area contributed by atoms with Gasteiger partial charge in [0.2, 0.25) is 5.91 Å². The van der Waals surface area contributed by atoms with E-state index >= 15 is 0 Å². The summed E-state index contributed by atoms with van der Waals surface area (Å²) in [5.74, 6) is 0.660. The van der Waals surface area contributed by atoms with Gasteiger partial charge in [0.05, 0.1) is 27.6 Å². The summed E-state index contributed by atoms with van der Waals surface area (Å²) in [6, 6.07) is 12.1. The van der Waals surface area contributed by atoms with Gasteiger partial charge in [-0.05, 0) is 42.7 Å². The fourth-order valence-corrected chi connectivity index (χ4v) is 5.20. The normalized spacial score (nSPS) is 12.1. The lowest BCUT2D eigenvalue weighted by atomic mass is 9.95. The Morgan fingerprint density at radius 3 is 2.74 bits per heavy atom. The first kappa shape index (κ1) is 22.0. The number of hydrogen-bond donors (Lipinski definition) is 3. The Kier molecular flexibility index (Phi) is 5.95. The van der Waals surface area contributed by atoms with Gasteiger partial charge in [0, 0.05) is 37.3 Å². The number of pyridine rings is 1. The Morgan fingerprint density at radius 1 is 1.24 bits per heavy atom. The van der Waals surface area contributed by atoms with Crippen molar-refractivity contribution in [2.75, 3.05) is 17.2 Å². The molecule has 0 radical (unpaired) electrons. The van der Waals surface area contributed by atoms with Crippen LogP contribution in [0.4, 0.5) is 10.9 Å². The van der Waals surface area contributed by atoms with Crippen molar-refractivity contribution in [3.05, 3.63) is 72.1 Å². The Balaban J connectivity index is 1.64. The van der Waals surface area contributed by atoms with Crippen LogP contribution in [0.25, 0.3) is 27.5 Å². The smallest absolute Gasteiger partial charge is 0.223 e. The summed E-state index contributed by atoms with van der Waals surface area (Å²) < 4.78 is 1.97. The highest BCUT2D eigenvalue weighted by Gasteiger charge is 2.30. The Morgan fingerprint density at radius 2 is 2.06 bits per heavy atom. The average molecular weight is 472 g/mol. The SMILES string of the molecule is C=CCNc1ccc(-c2nn(-c3ccc(CN)cc3)c3c2CCc2nc(NC(C)=O)sc2-3)cn1. The predicted molar refractivity (Wildman–Crippen MR) is 136 cm³/mol. The molecular weight excluding hydrogens is 446 g/mol. The molecule has 172 valence electrons. The van der Waals surface area contributed by atoms with Gasteiger partial charge in [0.1, 0.15) is 5.82 Å². The van der Waals surface area contributed by atoms with Gasteiger partial charge in [-0.15, -0.1) is 6.58 Å². The molecule has 0 aliphatic heterocycles. The van der Waals surface area contributed by atoms with Crippen LogP contribution in [0, 0.1) is 0 Å². The van der Waals surface area contributed by atoms with Gasteiger partial charge in [0.15, 0.2) is 5.13 Å². The van der Waals surface area contributed by atoms with E-state index in [4.69, 9.17) is 10.8 Å². The summed E-state index contributed by atoms with van der Waals surface area (Å²) >= 11 is 1.48. The second-order valence-corrected chi connectivity index (χ2v) is 9.03. The van der Waals surface area contributed by atoms with Crippen LogP contribution in [-0.4, -0.2) is 32.2 Å². The highest BCUT2D eigenvalue weighted by atomic mass is 32.1. The first-order valence-corrected chi connectivity index (χ1v) is 11.9. The molecule has 8 nitrogen and oxygen atoms in total. The van der Waals surface area contributed by atoms with Crippen LogP contribution in [0.1, 0.15) is 23.7 Å². The second kappa shape index (κ2) is 9.20. The summed E-state index contributed by atoms with van der Waals surface area (Å²) in [5, 5.41) is 11.7. The van der Waals surface area contributed by atoms with Crippen LogP contribution >= 0.6 is 11.3 Å². The van der Waals surface area contributed by atoms with Gasteiger partial charge in [0.25, 0.3) is 0 Å².